The van der Waals surface area contributed by atoms with Crippen LogP contribution < -0.4 is 10.6 Å². The molecule has 0 saturated heterocycles. The van der Waals surface area contributed by atoms with Crippen molar-refractivity contribution in [3.63, 3.8) is 0 Å². The minimum atomic E-state index is 0.00782. The summed E-state index contributed by atoms with van der Waals surface area (Å²) in [6.07, 6.45) is 0.952. The Labute approximate surface area is 105 Å². The Morgan fingerprint density at radius 3 is 2.81 bits per heavy atom. The molecule has 1 rings (SSSR count). The molecular formula is C12H17BrN2O. The van der Waals surface area contributed by atoms with E-state index < -0.39 is 0 Å². The smallest absolute Gasteiger partial charge is 0.233 e. The summed E-state index contributed by atoms with van der Waals surface area (Å²) < 4.78 is 1.06. The number of carbonyl (C=O) groups is 1. The fraction of sp³-hybridized carbons (Fsp3) is 0.417. The quantitative estimate of drug-likeness (QED) is 0.871. The number of amides is 1. The predicted molar refractivity (Wildman–Crippen MR) is 69.2 cm³/mol. The summed E-state index contributed by atoms with van der Waals surface area (Å²) in [5.41, 5.74) is 1.20. The second-order valence-corrected chi connectivity index (χ2v) is 4.49. The molecule has 1 unspecified atom stereocenters. The van der Waals surface area contributed by atoms with Crippen LogP contribution in [0.1, 0.15) is 24.9 Å². The van der Waals surface area contributed by atoms with Gasteiger partial charge in [-0.1, -0.05) is 35.0 Å². The van der Waals surface area contributed by atoms with E-state index in [-0.39, 0.29) is 11.9 Å². The van der Waals surface area contributed by atoms with Crippen LogP contribution in [-0.2, 0) is 4.79 Å². The van der Waals surface area contributed by atoms with Gasteiger partial charge >= 0.3 is 0 Å². The van der Waals surface area contributed by atoms with Gasteiger partial charge in [0.25, 0.3) is 0 Å². The molecule has 0 aromatic heterocycles. The van der Waals surface area contributed by atoms with Crippen molar-refractivity contribution in [3.8, 4) is 0 Å². The number of likely N-dealkylation sites (N-methyl/N-ethyl adjacent to an activating group) is 1. The molecule has 0 fully saturated rings. The first kappa shape index (κ1) is 13.2. The van der Waals surface area contributed by atoms with Crippen molar-refractivity contribution >= 4 is 21.8 Å². The molecule has 0 bridgehead atoms. The van der Waals surface area contributed by atoms with E-state index in [0.29, 0.717) is 6.54 Å². The molecule has 88 valence electrons. The Hall–Kier alpha value is -0.870. The van der Waals surface area contributed by atoms with E-state index in [2.05, 4.69) is 45.6 Å². The molecule has 1 amide bonds. The maximum absolute atomic E-state index is 11.1. The van der Waals surface area contributed by atoms with Crippen molar-refractivity contribution in [1.82, 2.24) is 10.6 Å². The molecule has 3 nitrogen and oxygen atoms in total. The van der Waals surface area contributed by atoms with E-state index in [0.717, 1.165) is 10.9 Å². The largest absolute Gasteiger partial charge is 0.358 e. The normalized spacial score (nSPS) is 12.2. The van der Waals surface area contributed by atoms with Crippen molar-refractivity contribution < 1.29 is 4.79 Å². The molecule has 1 aromatic carbocycles. The van der Waals surface area contributed by atoms with Crippen molar-refractivity contribution in [2.45, 2.75) is 19.4 Å². The molecule has 4 heteroatoms. The number of halogens is 1. The van der Waals surface area contributed by atoms with Gasteiger partial charge in [0.2, 0.25) is 5.91 Å². The summed E-state index contributed by atoms with van der Waals surface area (Å²) in [5.74, 6) is 0.00782. The van der Waals surface area contributed by atoms with Crippen molar-refractivity contribution in [1.29, 1.82) is 0 Å². The second-order valence-electron chi connectivity index (χ2n) is 3.57. The maximum atomic E-state index is 11.1. The van der Waals surface area contributed by atoms with Crippen LogP contribution in [0, 0.1) is 0 Å². The average Bonchev–Trinajstić information content (AvgIpc) is 2.29. The Kier molecular flexibility index (Phi) is 5.49. The maximum Gasteiger partial charge on any atom is 0.233 e. The van der Waals surface area contributed by atoms with Crippen LogP contribution in [0.3, 0.4) is 0 Å². The van der Waals surface area contributed by atoms with Gasteiger partial charge in [-0.25, -0.2) is 0 Å². The van der Waals surface area contributed by atoms with Gasteiger partial charge in [0.15, 0.2) is 0 Å². The van der Waals surface area contributed by atoms with Gasteiger partial charge in [0, 0.05) is 17.6 Å². The van der Waals surface area contributed by atoms with E-state index in [1.807, 2.05) is 12.1 Å². The van der Waals surface area contributed by atoms with Crippen LogP contribution in [0.2, 0.25) is 0 Å². The van der Waals surface area contributed by atoms with Crippen LogP contribution in [0.5, 0.6) is 0 Å². The van der Waals surface area contributed by atoms with Gasteiger partial charge in [0.05, 0.1) is 6.54 Å². The van der Waals surface area contributed by atoms with Crippen LogP contribution in [-0.4, -0.2) is 19.5 Å². The lowest BCUT2D eigenvalue weighted by Crippen LogP contribution is -2.33. The molecule has 0 aliphatic rings. The predicted octanol–water partition coefficient (Wildman–Crippen LogP) is 2.24. The molecule has 1 aromatic rings. The molecule has 0 saturated carbocycles. The zero-order chi connectivity index (χ0) is 12.0. The molecule has 0 heterocycles. The van der Waals surface area contributed by atoms with E-state index in [9.17, 15) is 4.79 Å². The Bertz CT molecular complexity index is 355. The summed E-state index contributed by atoms with van der Waals surface area (Å²) in [5, 5.41) is 5.83. The third-order valence-corrected chi connectivity index (χ3v) is 2.94. The topological polar surface area (TPSA) is 41.1 Å². The summed E-state index contributed by atoms with van der Waals surface area (Å²) >= 11 is 3.45. The average molecular weight is 285 g/mol. The lowest BCUT2D eigenvalue weighted by atomic mass is 10.0. The summed E-state index contributed by atoms with van der Waals surface area (Å²) in [4.78, 5) is 11.1. The first-order chi connectivity index (χ1) is 7.67. The van der Waals surface area contributed by atoms with Gasteiger partial charge in [-0.2, -0.15) is 0 Å². The highest BCUT2D eigenvalue weighted by molar-refractivity contribution is 9.10. The number of benzene rings is 1. The third kappa shape index (κ3) is 3.94. The first-order valence-electron chi connectivity index (χ1n) is 5.36. The van der Waals surface area contributed by atoms with Crippen LogP contribution in [0.15, 0.2) is 28.7 Å². The van der Waals surface area contributed by atoms with Gasteiger partial charge in [-0.15, -0.1) is 0 Å². The fourth-order valence-corrected chi connectivity index (χ4v) is 1.94. The molecular weight excluding hydrogens is 268 g/mol. The summed E-state index contributed by atoms with van der Waals surface area (Å²) in [6.45, 7) is 2.45. The SMILES string of the molecule is CCC(NCC(=O)NC)c1cccc(Br)c1. The minimum Gasteiger partial charge on any atom is -0.358 e. The molecule has 0 radical (unpaired) electrons. The molecule has 0 aliphatic heterocycles. The van der Waals surface area contributed by atoms with Crippen molar-refractivity contribution in [3.05, 3.63) is 34.3 Å². The molecule has 2 N–H and O–H groups in total. The van der Waals surface area contributed by atoms with Gasteiger partial charge < -0.3 is 10.6 Å². The highest BCUT2D eigenvalue weighted by Crippen LogP contribution is 2.20. The monoisotopic (exact) mass is 284 g/mol. The highest BCUT2D eigenvalue weighted by Gasteiger charge is 2.10. The van der Waals surface area contributed by atoms with E-state index in [1.54, 1.807) is 7.05 Å². The minimum absolute atomic E-state index is 0.00782. The van der Waals surface area contributed by atoms with Gasteiger partial charge in [-0.3, -0.25) is 4.79 Å². The van der Waals surface area contributed by atoms with Crippen molar-refractivity contribution in [2.24, 2.45) is 0 Å². The number of hydrogen-bond donors (Lipinski definition) is 2. The number of hydrogen-bond acceptors (Lipinski definition) is 2. The third-order valence-electron chi connectivity index (χ3n) is 2.45. The van der Waals surface area contributed by atoms with E-state index in [1.165, 1.54) is 5.56 Å². The Morgan fingerprint density at radius 1 is 1.50 bits per heavy atom. The van der Waals surface area contributed by atoms with Crippen LogP contribution in [0.25, 0.3) is 0 Å². The molecule has 0 spiro atoms. The second kappa shape index (κ2) is 6.66. The summed E-state index contributed by atoms with van der Waals surface area (Å²) in [7, 11) is 1.64. The first-order valence-corrected chi connectivity index (χ1v) is 6.16. The lowest BCUT2D eigenvalue weighted by Gasteiger charge is -2.17. The van der Waals surface area contributed by atoms with Crippen LogP contribution >= 0.6 is 15.9 Å². The van der Waals surface area contributed by atoms with Gasteiger partial charge in [-0.05, 0) is 24.1 Å². The molecule has 16 heavy (non-hydrogen) atoms. The Morgan fingerprint density at radius 2 is 2.25 bits per heavy atom. The fourth-order valence-electron chi connectivity index (χ4n) is 1.53. The van der Waals surface area contributed by atoms with Crippen molar-refractivity contribution in [2.75, 3.05) is 13.6 Å². The zero-order valence-corrected chi connectivity index (χ0v) is 11.2. The zero-order valence-electron chi connectivity index (χ0n) is 9.59. The number of nitrogens with one attached hydrogen (secondary N) is 2. The Balaban J connectivity index is 2.64. The van der Waals surface area contributed by atoms with Gasteiger partial charge in [0.1, 0.15) is 0 Å². The standard InChI is InChI=1S/C12H17BrN2O/c1-3-11(15-8-12(16)14-2)9-5-4-6-10(13)7-9/h4-7,11,15H,3,8H2,1-2H3,(H,14,16). The van der Waals surface area contributed by atoms with E-state index >= 15 is 0 Å². The highest BCUT2D eigenvalue weighted by atomic mass is 79.9. The summed E-state index contributed by atoms with van der Waals surface area (Å²) in [6, 6.07) is 8.36. The van der Waals surface area contributed by atoms with E-state index in [4.69, 9.17) is 0 Å². The lowest BCUT2D eigenvalue weighted by molar-refractivity contribution is -0.119. The molecule has 1 atom stereocenters. The van der Waals surface area contributed by atoms with Crippen LogP contribution in [0.4, 0.5) is 0 Å². The number of rotatable bonds is 5. The number of carbonyl (C=O) groups excluding carboxylic acids is 1. The molecule has 0 aliphatic carbocycles.